The Balaban J connectivity index is 1.02. The lowest BCUT2D eigenvalue weighted by Crippen LogP contribution is -2.28. The van der Waals surface area contributed by atoms with E-state index in [1.165, 1.54) is 17.0 Å². The van der Waals surface area contributed by atoms with Gasteiger partial charge in [-0.1, -0.05) is 84.9 Å². The number of ether oxygens (including phenoxy) is 1. The van der Waals surface area contributed by atoms with Crippen LogP contribution in [0.2, 0.25) is 0 Å². The number of fused-ring (bicyclic) bond motifs is 1. The number of anilines is 1. The molecule has 1 heterocycles. The van der Waals surface area contributed by atoms with Gasteiger partial charge in [0.2, 0.25) is 5.56 Å². The van der Waals surface area contributed by atoms with Crippen molar-refractivity contribution in [3.05, 3.63) is 160 Å². The minimum Gasteiger partial charge on any atom is -0.506 e. The zero-order valence-corrected chi connectivity index (χ0v) is 26.8. The van der Waals surface area contributed by atoms with Crippen LogP contribution in [0.1, 0.15) is 28.4 Å². The fraction of sp³-hybridized carbons (Fsp3) is 0.150. The van der Waals surface area contributed by atoms with Gasteiger partial charge in [-0.05, 0) is 76.7 Å². The summed E-state index contributed by atoms with van der Waals surface area (Å²) < 4.78 is 6.08. The van der Waals surface area contributed by atoms with Gasteiger partial charge in [0.15, 0.2) is 0 Å². The zero-order valence-electron chi connectivity index (χ0n) is 26.8. The largest absolute Gasteiger partial charge is 0.506 e. The summed E-state index contributed by atoms with van der Waals surface area (Å²) in [5, 5.41) is 34.7. The molecular weight excluding hydrogens is 618 g/mol. The highest BCUT2D eigenvalue weighted by Gasteiger charge is 2.16. The Hall–Kier alpha value is -5.90. The fourth-order valence-electron chi connectivity index (χ4n) is 5.78. The lowest BCUT2D eigenvalue weighted by atomic mass is 10.0. The Bertz CT molecular complexity index is 2100. The molecule has 0 fully saturated rings. The predicted octanol–water partition coefficient (Wildman–Crippen LogP) is 7.03. The molecule has 5 N–H and O–H groups in total. The van der Waals surface area contributed by atoms with Crippen molar-refractivity contribution < 1.29 is 24.9 Å². The average Bonchev–Trinajstić information content (AvgIpc) is 3.12. The molecule has 0 unspecified atom stereocenters. The number of carbonyl (C=O) groups is 1. The highest BCUT2D eigenvalue weighted by atomic mass is 16.5. The first-order valence-electron chi connectivity index (χ1n) is 16.0. The second-order valence-corrected chi connectivity index (χ2v) is 11.8. The number of nitrogens with one attached hydrogen (secondary N) is 2. The molecule has 0 radical (unpaired) electrons. The summed E-state index contributed by atoms with van der Waals surface area (Å²) >= 11 is 0. The minimum absolute atomic E-state index is 0.0353. The maximum absolute atomic E-state index is 12.0. The molecule has 6 rings (SSSR count). The van der Waals surface area contributed by atoms with E-state index in [0.717, 1.165) is 34.2 Å². The number of hydrogen-bond acceptors (Lipinski definition) is 6. The number of phenolic OH excluding ortho intramolecular Hbond substituents is 1. The van der Waals surface area contributed by atoms with Gasteiger partial charge >= 0.3 is 6.09 Å². The Morgan fingerprint density at radius 2 is 1.57 bits per heavy atom. The molecule has 9 heteroatoms. The van der Waals surface area contributed by atoms with Gasteiger partial charge in [-0.2, -0.15) is 0 Å². The fourth-order valence-corrected chi connectivity index (χ4v) is 5.78. The lowest BCUT2D eigenvalue weighted by Gasteiger charge is -2.20. The van der Waals surface area contributed by atoms with Crippen LogP contribution in [0.5, 0.6) is 11.5 Å². The number of benzene rings is 5. The Labute approximate surface area is 283 Å². The van der Waals surface area contributed by atoms with Crippen LogP contribution in [0, 0.1) is 0 Å². The van der Waals surface area contributed by atoms with Crippen molar-refractivity contribution in [1.82, 2.24) is 10.3 Å². The molecular formula is C40H37N3O6. The summed E-state index contributed by atoms with van der Waals surface area (Å²) in [6.07, 6.45) is -1.07. The van der Waals surface area contributed by atoms with E-state index in [0.29, 0.717) is 47.6 Å². The molecule has 0 saturated heterocycles. The van der Waals surface area contributed by atoms with Crippen molar-refractivity contribution in [2.75, 3.05) is 18.0 Å². The third kappa shape index (κ3) is 8.34. The van der Waals surface area contributed by atoms with E-state index in [1.807, 2.05) is 48.5 Å². The third-order valence-electron chi connectivity index (χ3n) is 8.36. The summed E-state index contributed by atoms with van der Waals surface area (Å²) in [7, 11) is 0. The molecule has 0 spiro atoms. The van der Waals surface area contributed by atoms with Crippen LogP contribution < -0.4 is 20.5 Å². The standard InChI is InChI=1S/C40H37N3O6/c44-36-18-16-34(35-17-19-38(46)42-39(35)36)37(45)24-41-21-20-27-12-14-30(15-13-27)31-9-4-8-29(22-31)26-49-33-11-5-10-32(23-33)43(40(47)48)25-28-6-2-1-3-7-28/h1-19,22-23,37,41,44-45H,20-21,24-26H2,(H,42,46)(H,47,48)/t37-/m0/s1. The maximum atomic E-state index is 12.0. The predicted molar refractivity (Wildman–Crippen MR) is 191 cm³/mol. The summed E-state index contributed by atoms with van der Waals surface area (Å²) in [6, 6.07) is 39.2. The molecule has 0 saturated carbocycles. The van der Waals surface area contributed by atoms with E-state index >= 15 is 0 Å². The van der Waals surface area contributed by atoms with Gasteiger partial charge in [0, 0.05) is 24.1 Å². The van der Waals surface area contributed by atoms with Gasteiger partial charge in [0.25, 0.3) is 0 Å². The second kappa shape index (κ2) is 15.3. The second-order valence-electron chi connectivity index (χ2n) is 11.8. The highest BCUT2D eigenvalue weighted by Crippen LogP contribution is 2.29. The maximum Gasteiger partial charge on any atom is 0.412 e. The number of nitrogens with zero attached hydrogens (tertiary/aromatic N) is 1. The van der Waals surface area contributed by atoms with E-state index in [4.69, 9.17) is 4.74 Å². The first-order chi connectivity index (χ1) is 23.8. The first kappa shape index (κ1) is 33.0. The molecule has 0 bridgehead atoms. The molecule has 5 aromatic carbocycles. The van der Waals surface area contributed by atoms with E-state index in [-0.39, 0.29) is 17.9 Å². The number of aromatic nitrogens is 1. The summed E-state index contributed by atoms with van der Waals surface area (Å²) in [5.74, 6) is 0.548. The minimum atomic E-state index is -1.03. The van der Waals surface area contributed by atoms with E-state index in [1.54, 1.807) is 30.3 Å². The van der Waals surface area contributed by atoms with Gasteiger partial charge < -0.3 is 30.4 Å². The Morgan fingerprint density at radius 3 is 2.37 bits per heavy atom. The number of aromatic amines is 1. The monoisotopic (exact) mass is 655 g/mol. The number of carboxylic acid groups (broad SMARTS) is 1. The van der Waals surface area contributed by atoms with Gasteiger partial charge in [-0.15, -0.1) is 0 Å². The smallest absolute Gasteiger partial charge is 0.412 e. The van der Waals surface area contributed by atoms with Gasteiger partial charge in [0.1, 0.15) is 18.1 Å². The molecule has 9 nitrogen and oxygen atoms in total. The van der Waals surface area contributed by atoms with Crippen molar-refractivity contribution in [2.24, 2.45) is 0 Å². The first-order valence-corrected chi connectivity index (χ1v) is 16.0. The van der Waals surface area contributed by atoms with Crippen LogP contribution in [-0.2, 0) is 19.6 Å². The lowest BCUT2D eigenvalue weighted by molar-refractivity contribution is 0.176. The van der Waals surface area contributed by atoms with Crippen molar-refractivity contribution in [2.45, 2.75) is 25.7 Å². The van der Waals surface area contributed by atoms with Crippen LogP contribution in [0.25, 0.3) is 22.0 Å². The van der Waals surface area contributed by atoms with Crippen LogP contribution in [0.15, 0.2) is 132 Å². The van der Waals surface area contributed by atoms with Crippen molar-refractivity contribution in [3.63, 3.8) is 0 Å². The highest BCUT2D eigenvalue weighted by molar-refractivity contribution is 5.87. The van der Waals surface area contributed by atoms with E-state index < -0.39 is 12.2 Å². The normalized spacial score (nSPS) is 11.7. The van der Waals surface area contributed by atoms with E-state index in [2.05, 4.69) is 46.7 Å². The number of hydrogen-bond donors (Lipinski definition) is 5. The number of rotatable bonds is 13. The van der Waals surface area contributed by atoms with Gasteiger partial charge in [0.05, 0.1) is 23.9 Å². The number of aliphatic hydroxyl groups is 1. The number of phenols is 1. The molecule has 0 aliphatic carbocycles. The zero-order chi connectivity index (χ0) is 34.2. The molecule has 1 atom stereocenters. The molecule has 1 aromatic heterocycles. The summed E-state index contributed by atoms with van der Waals surface area (Å²) in [5.41, 5.74) is 6.35. The van der Waals surface area contributed by atoms with Crippen LogP contribution in [-0.4, -0.2) is 39.5 Å². The van der Waals surface area contributed by atoms with Crippen molar-refractivity contribution in [3.8, 4) is 22.6 Å². The average molecular weight is 656 g/mol. The molecule has 0 aliphatic heterocycles. The number of aliphatic hydroxyl groups excluding tert-OH is 1. The topological polar surface area (TPSA) is 135 Å². The van der Waals surface area contributed by atoms with Crippen molar-refractivity contribution in [1.29, 1.82) is 0 Å². The molecule has 49 heavy (non-hydrogen) atoms. The van der Waals surface area contributed by atoms with Gasteiger partial charge in [-0.25, -0.2) is 4.79 Å². The quantitative estimate of drug-likeness (QED) is 0.0844. The number of pyridine rings is 1. The van der Waals surface area contributed by atoms with Crippen molar-refractivity contribution >= 4 is 22.7 Å². The molecule has 6 aromatic rings. The Morgan fingerprint density at radius 1 is 0.796 bits per heavy atom. The summed E-state index contributed by atoms with van der Waals surface area (Å²) in [4.78, 5) is 27.6. The number of aromatic hydroxyl groups is 1. The SMILES string of the molecule is O=C(O)N(Cc1ccccc1)c1cccc(OCc2cccc(-c3ccc(CCNC[C@H](O)c4ccc(O)c5[nH]c(=O)ccc45)cc3)c2)c1. The van der Waals surface area contributed by atoms with Crippen LogP contribution in [0.4, 0.5) is 10.5 Å². The Kier molecular flexibility index (Phi) is 10.3. The van der Waals surface area contributed by atoms with Gasteiger partial charge in [-0.3, -0.25) is 9.69 Å². The van der Waals surface area contributed by atoms with Crippen LogP contribution in [0.3, 0.4) is 0 Å². The number of H-pyrrole nitrogens is 1. The summed E-state index contributed by atoms with van der Waals surface area (Å²) in [6.45, 7) is 1.55. The third-order valence-corrected chi connectivity index (χ3v) is 8.36. The molecule has 1 amide bonds. The van der Waals surface area contributed by atoms with E-state index in [9.17, 15) is 24.9 Å². The molecule has 0 aliphatic rings. The van der Waals surface area contributed by atoms with Crippen LogP contribution >= 0.6 is 0 Å². The number of amides is 1. The molecule has 248 valence electrons.